The predicted molar refractivity (Wildman–Crippen MR) is 68.8 cm³/mol. The number of hydrogen-bond acceptors (Lipinski definition) is 3. The molecule has 1 fully saturated rings. The lowest BCUT2D eigenvalue weighted by Gasteiger charge is -2.32. The lowest BCUT2D eigenvalue weighted by Crippen LogP contribution is -2.45. The van der Waals surface area contributed by atoms with E-state index in [4.69, 9.17) is 0 Å². The Morgan fingerprint density at radius 2 is 1.85 bits per heavy atom. The number of ketones is 1. The van der Waals surface area contributed by atoms with Crippen molar-refractivity contribution >= 4 is 5.78 Å². The van der Waals surface area contributed by atoms with Gasteiger partial charge < -0.3 is 9.47 Å². The first-order valence-corrected chi connectivity index (χ1v) is 6.54. The second-order valence-electron chi connectivity index (χ2n) is 5.11. The third-order valence-electron chi connectivity index (χ3n) is 3.54. The lowest BCUT2D eigenvalue weighted by atomic mass is 10.2. The van der Waals surface area contributed by atoms with Gasteiger partial charge >= 0.3 is 6.18 Å². The maximum atomic E-state index is 12.3. The Balaban J connectivity index is 1.86. The summed E-state index contributed by atoms with van der Waals surface area (Å²) in [7, 11) is 2.07. The van der Waals surface area contributed by atoms with Crippen LogP contribution in [-0.4, -0.2) is 66.1 Å². The SMILES string of the molecule is CN1CCN(CCn2ccc(C(=O)C(F)(F)F)c2)CC1. The van der Waals surface area contributed by atoms with Gasteiger partial charge in [0.1, 0.15) is 0 Å². The summed E-state index contributed by atoms with van der Waals surface area (Å²) < 4.78 is 38.5. The highest BCUT2D eigenvalue weighted by molar-refractivity contribution is 6.00. The Bertz CT molecular complexity index is 462. The fourth-order valence-corrected chi connectivity index (χ4v) is 2.21. The molecule has 0 amide bonds. The van der Waals surface area contributed by atoms with Gasteiger partial charge in [-0.3, -0.25) is 9.69 Å². The minimum Gasteiger partial charge on any atom is -0.352 e. The first-order chi connectivity index (χ1) is 9.36. The van der Waals surface area contributed by atoms with Crippen molar-refractivity contribution in [3.8, 4) is 0 Å². The largest absolute Gasteiger partial charge is 0.454 e. The predicted octanol–water partition coefficient (Wildman–Crippen LogP) is 1.48. The number of rotatable bonds is 4. The van der Waals surface area contributed by atoms with E-state index < -0.39 is 12.0 Å². The minimum absolute atomic E-state index is 0.295. The highest BCUT2D eigenvalue weighted by Crippen LogP contribution is 2.21. The average molecular weight is 289 g/mol. The van der Waals surface area contributed by atoms with E-state index in [0.29, 0.717) is 6.54 Å². The smallest absolute Gasteiger partial charge is 0.352 e. The quantitative estimate of drug-likeness (QED) is 0.786. The highest BCUT2D eigenvalue weighted by atomic mass is 19.4. The molecule has 0 N–H and O–H groups in total. The maximum Gasteiger partial charge on any atom is 0.454 e. The number of aromatic nitrogens is 1. The molecule has 0 unspecified atom stereocenters. The summed E-state index contributed by atoms with van der Waals surface area (Å²) in [4.78, 5) is 15.6. The Kier molecular flexibility index (Phi) is 4.49. The molecule has 0 radical (unpaired) electrons. The molecule has 0 spiro atoms. The fourth-order valence-electron chi connectivity index (χ4n) is 2.21. The van der Waals surface area contributed by atoms with Crippen molar-refractivity contribution in [1.82, 2.24) is 14.4 Å². The second-order valence-corrected chi connectivity index (χ2v) is 5.11. The van der Waals surface area contributed by atoms with Gasteiger partial charge in [0.25, 0.3) is 5.78 Å². The molecule has 7 heteroatoms. The van der Waals surface area contributed by atoms with Gasteiger partial charge in [0.15, 0.2) is 0 Å². The Labute approximate surface area is 115 Å². The molecule has 0 aromatic carbocycles. The average Bonchev–Trinajstić information content (AvgIpc) is 2.85. The number of halogens is 3. The van der Waals surface area contributed by atoms with Crippen LogP contribution in [0.15, 0.2) is 18.5 Å². The third kappa shape index (κ3) is 3.83. The molecule has 1 aliphatic heterocycles. The van der Waals surface area contributed by atoms with E-state index in [1.165, 1.54) is 18.5 Å². The van der Waals surface area contributed by atoms with Crippen molar-refractivity contribution in [2.75, 3.05) is 39.8 Å². The number of Topliss-reactive ketones (excluding diaryl/α,β-unsaturated/α-hetero) is 1. The van der Waals surface area contributed by atoms with E-state index >= 15 is 0 Å². The van der Waals surface area contributed by atoms with Gasteiger partial charge in [-0.05, 0) is 13.1 Å². The molecule has 112 valence electrons. The van der Waals surface area contributed by atoms with Crippen molar-refractivity contribution in [3.05, 3.63) is 24.0 Å². The molecule has 1 aromatic rings. The van der Waals surface area contributed by atoms with Crippen LogP contribution in [0, 0.1) is 0 Å². The van der Waals surface area contributed by atoms with Gasteiger partial charge in [-0.2, -0.15) is 13.2 Å². The number of alkyl halides is 3. The highest BCUT2D eigenvalue weighted by Gasteiger charge is 2.39. The first-order valence-electron chi connectivity index (χ1n) is 6.54. The summed E-state index contributed by atoms with van der Waals surface area (Å²) in [6.45, 7) is 5.31. The van der Waals surface area contributed by atoms with Crippen LogP contribution in [-0.2, 0) is 6.54 Å². The van der Waals surface area contributed by atoms with E-state index in [-0.39, 0.29) is 5.56 Å². The first kappa shape index (κ1) is 15.1. The van der Waals surface area contributed by atoms with Crippen LogP contribution in [0.2, 0.25) is 0 Å². The molecule has 20 heavy (non-hydrogen) atoms. The zero-order valence-corrected chi connectivity index (χ0v) is 11.4. The summed E-state index contributed by atoms with van der Waals surface area (Å²) in [5.41, 5.74) is -0.295. The van der Waals surface area contributed by atoms with Gasteiger partial charge in [0.05, 0.1) is 0 Å². The van der Waals surface area contributed by atoms with E-state index in [9.17, 15) is 18.0 Å². The van der Waals surface area contributed by atoms with Crippen molar-refractivity contribution in [3.63, 3.8) is 0 Å². The molecule has 1 aromatic heterocycles. The van der Waals surface area contributed by atoms with Crippen molar-refractivity contribution in [1.29, 1.82) is 0 Å². The van der Waals surface area contributed by atoms with Crippen LogP contribution < -0.4 is 0 Å². The molecule has 0 bridgehead atoms. The van der Waals surface area contributed by atoms with Gasteiger partial charge in [-0.15, -0.1) is 0 Å². The van der Waals surface area contributed by atoms with Gasteiger partial charge in [0, 0.05) is 57.2 Å². The fraction of sp³-hybridized carbons (Fsp3) is 0.615. The molecule has 2 rings (SSSR count). The Morgan fingerprint density at radius 1 is 1.20 bits per heavy atom. The van der Waals surface area contributed by atoms with Crippen LogP contribution >= 0.6 is 0 Å². The van der Waals surface area contributed by atoms with Crippen LogP contribution in [0.1, 0.15) is 10.4 Å². The summed E-state index contributed by atoms with van der Waals surface area (Å²) in [5, 5.41) is 0. The zero-order valence-electron chi connectivity index (χ0n) is 11.4. The monoisotopic (exact) mass is 289 g/mol. The van der Waals surface area contributed by atoms with E-state index in [0.717, 1.165) is 32.7 Å². The maximum absolute atomic E-state index is 12.3. The molecule has 2 heterocycles. The van der Waals surface area contributed by atoms with Crippen LogP contribution in [0.25, 0.3) is 0 Å². The molecule has 0 atom stereocenters. The minimum atomic E-state index is -4.80. The molecule has 1 aliphatic rings. The van der Waals surface area contributed by atoms with Crippen molar-refractivity contribution in [2.45, 2.75) is 12.7 Å². The van der Waals surface area contributed by atoms with Crippen LogP contribution in [0.5, 0.6) is 0 Å². The van der Waals surface area contributed by atoms with Crippen molar-refractivity contribution in [2.24, 2.45) is 0 Å². The summed E-state index contributed by atoms with van der Waals surface area (Å²) in [5.74, 6) is -1.78. The molecule has 0 saturated carbocycles. The van der Waals surface area contributed by atoms with Crippen molar-refractivity contribution < 1.29 is 18.0 Å². The molecule has 0 aliphatic carbocycles. The van der Waals surface area contributed by atoms with Crippen LogP contribution in [0.4, 0.5) is 13.2 Å². The Hall–Kier alpha value is -1.34. The van der Waals surface area contributed by atoms with E-state index in [1.807, 2.05) is 0 Å². The number of carbonyl (C=O) groups excluding carboxylic acids is 1. The number of hydrogen-bond donors (Lipinski definition) is 0. The van der Waals surface area contributed by atoms with Gasteiger partial charge in [-0.25, -0.2) is 0 Å². The topological polar surface area (TPSA) is 28.5 Å². The summed E-state index contributed by atoms with van der Waals surface area (Å²) in [6, 6.07) is 1.22. The second kappa shape index (κ2) is 5.97. The number of nitrogens with zero attached hydrogens (tertiary/aromatic N) is 3. The third-order valence-corrected chi connectivity index (χ3v) is 3.54. The van der Waals surface area contributed by atoms with Gasteiger partial charge in [-0.1, -0.05) is 0 Å². The Morgan fingerprint density at radius 3 is 2.45 bits per heavy atom. The van der Waals surface area contributed by atoms with Crippen LogP contribution in [0.3, 0.4) is 0 Å². The van der Waals surface area contributed by atoms with E-state index in [1.54, 1.807) is 4.57 Å². The zero-order chi connectivity index (χ0) is 14.8. The summed E-state index contributed by atoms with van der Waals surface area (Å²) >= 11 is 0. The molecular weight excluding hydrogens is 271 g/mol. The lowest BCUT2D eigenvalue weighted by molar-refractivity contribution is -0.0885. The number of carbonyl (C=O) groups is 1. The molecule has 4 nitrogen and oxygen atoms in total. The summed E-state index contributed by atoms with van der Waals surface area (Å²) in [6.07, 6.45) is -2.01. The standard InChI is InChI=1S/C13H18F3N3O/c1-17-4-6-18(7-5-17)8-9-19-3-2-11(10-19)12(20)13(14,15)16/h2-3,10H,4-9H2,1H3. The van der Waals surface area contributed by atoms with Gasteiger partial charge in [0.2, 0.25) is 0 Å². The van der Waals surface area contributed by atoms with E-state index in [2.05, 4.69) is 16.8 Å². The molecular formula is C13H18F3N3O. The number of likely N-dealkylation sites (N-methyl/N-ethyl adjacent to an activating group) is 1. The molecule has 1 saturated heterocycles. The number of piperazine rings is 1. The normalized spacial score (nSPS) is 18.4.